The van der Waals surface area contributed by atoms with Gasteiger partial charge in [-0.25, -0.2) is 4.98 Å². The second-order valence-electron chi connectivity index (χ2n) is 5.76. The zero-order chi connectivity index (χ0) is 17.6. The number of nitrogens with one attached hydrogen (secondary N) is 1. The maximum atomic E-state index is 11.9. The fourth-order valence-electron chi connectivity index (χ4n) is 2.47. The number of amides is 1. The first kappa shape index (κ1) is 16.8. The van der Waals surface area contributed by atoms with Gasteiger partial charge in [-0.1, -0.05) is 42.5 Å². The molecule has 25 heavy (non-hydrogen) atoms. The van der Waals surface area contributed by atoms with Crippen LogP contribution in [0.2, 0.25) is 0 Å². The second kappa shape index (κ2) is 7.66. The summed E-state index contributed by atoms with van der Waals surface area (Å²) in [5.74, 6) is 1.65. The van der Waals surface area contributed by atoms with Crippen molar-refractivity contribution in [2.75, 3.05) is 6.61 Å². The molecular weight excluding hydrogens is 316 g/mol. The Bertz CT molecular complexity index is 856. The van der Waals surface area contributed by atoms with Crippen molar-refractivity contribution >= 4 is 5.91 Å². The van der Waals surface area contributed by atoms with Gasteiger partial charge in [0.15, 0.2) is 6.61 Å². The second-order valence-corrected chi connectivity index (χ2v) is 5.76. The number of hydrogen-bond donors (Lipinski definition) is 1. The molecule has 0 fully saturated rings. The summed E-state index contributed by atoms with van der Waals surface area (Å²) in [4.78, 5) is 16.4. The van der Waals surface area contributed by atoms with E-state index in [-0.39, 0.29) is 19.1 Å². The summed E-state index contributed by atoms with van der Waals surface area (Å²) in [7, 11) is 0. The molecule has 3 aromatic rings. The molecule has 128 valence electrons. The van der Waals surface area contributed by atoms with Gasteiger partial charge < -0.3 is 14.5 Å². The molecule has 0 aliphatic heterocycles. The molecule has 0 saturated carbocycles. The summed E-state index contributed by atoms with van der Waals surface area (Å²) in [6.07, 6.45) is 0. The largest absolute Gasteiger partial charge is 0.484 e. The number of carbonyl (C=O) groups is 1. The predicted molar refractivity (Wildman–Crippen MR) is 95.2 cm³/mol. The molecular formula is C20H20N2O3. The Labute approximate surface area is 146 Å². The van der Waals surface area contributed by atoms with E-state index in [4.69, 9.17) is 9.15 Å². The van der Waals surface area contributed by atoms with Crippen molar-refractivity contribution in [1.29, 1.82) is 0 Å². The molecule has 1 aromatic heterocycles. The van der Waals surface area contributed by atoms with Crippen LogP contribution in [-0.2, 0) is 11.3 Å². The van der Waals surface area contributed by atoms with Gasteiger partial charge in [-0.2, -0.15) is 0 Å². The van der Waals surface area contributed by atoms with Crippen LogP contribution in [0.1, 0.15) is 17.2 Å². The number of nitrogens with zero attached hydrogens (tertiary/aromatic N) is 1. The van der Waals surface area contributed by atoms with Gasteiger partial charge in [0.1, 0.15) is 17.2 Å². The lowest BCUT2D eigenvalue weighted by atomic mass is 10.1. The molecule has 0 spiro atoms. The van der Waals surface area contributed by atoms with Crippen LogP contribution >= 0.6 is 0 Å². The van der Waals surface area contributed by atoms with Crippen molar-refractivity contribution < 1.29 is 13.9 Å². The van der Waals surface area contributed by atoms with Crippen LogP contribution < -0.4 is 10.1 Å². The number of ether oxygens (including phenoxy) is 1. The van der Waals surface area contributed by atoms with Crippen molar-refractivity contribution in [3.05, 3.63) is 71.8 Å². The molecule has 0 aliphatic rings. The van der Waals surface area contributed by atoms with E-state index in [9.17, 15) is 4.79 Å². The monoisotopic (exact) mass is 336 g/mol. The van der Waals surface area contributed by atoms with Crippen LogP contribution in [0.5, 0.6) is 5.75 Å². The number of aromatic nitrogens is 1. The Morgan fingerprint density at radius 2 is 1.92 bits per heavy atom. The molecule has 5 heteroatoms. The highest BCUT2D eigenvalue weighted by Crippen LogP contribution is 2.22. The topological polar surface area (TPSA) is 64.4 Å². The Balaban J connectivity index is 1.54. The fourth-order valence-corrected chi connectivity index (χ4v) is 2.47. The fraction of sp³-hybridized carbons (Fsp3) is 0.200. The lowest BCUT2D eigenvalue weighted by molar-refractivity contribution is -0.123. The standard InChI is InChI=1S/C20H20N2O3/c1-14-7-6-10-17(11-14)24-13-18(23)21-12-19-22-20(15(2)25-19)16-8-4-3-5-9-16/h3-11H,12-13H2,1-2H3,(H,21,23). The smallest absolute Gasteiger partial charge is 0.258 e. The van der Waals surface area contributed by atoms with Crippen molar-refractivity contribution in [3.63, 3.8) is 0 Å². The molecule has 0 atom stereocenters. The molecule has 1 N–H and O–H groups in total. The quantitative estimate of drug-likeness (QED) is 0.746. The third-order valence-electron chi connectivity index (χ3n) is 3.68. The average molecular weight is 336 g/mol. The van der Waals surface area contributed by atoms with E-state index in [1.165, 1.54) is 0 Å². The number of benzene rings is 2. The van der Waals surface area contributed by atoms with E-state index in [2.05, 4.69) is 10.3 Å². The highest BCUT2D eigenvalue weighted by Gasteiger charge is 2.12. The molecule has 0 bridgehead atoms. The Morgan fingerprint density at radius 1 is 1.12 bits per heavy atom. The van der Waals surface area contributed by atoms with Gasteiger partial charge in [-0.05, 0) is 31.5 Å². The minimum Gasteiger partial charge on any atom is -0.484 e. The molecule has 5 nitrogen and oxygen atoms in total. The van der Waals surface area contributed by atoms with Gasteiger partial charge in [0.05, 0.1) is 6.54 Å². The third kappa shape index (κ3) is 4.47. The number of hydrogen-bond acceptors (Lipinski definition) is 4. The summed E-state index contributed by atoms with van der Waals surface area (Å²) in [5.41, 5.74) is 2.87. The van der Waals surface area contributed by atoms with Crippen LogP contribution in [0.15, 0.2) is 59.0 Å². The van der Waals surface area contributed by atoms with E-state index >= 15 is 0 Å². The van der Waals surface area contributed by atoms with E-state index in [0.29, 0.717) is 11.6 Å². The van der Waals surface area contributed by atoms with Crippen LogP contribution in [0.4, 0.5) is 0 Å². The number of carbonyl (C=O) groups excluding carboxylic acids is 1. The number of oxazole rings is 1. The van der Waals surface area contributed by atoms with Gasteiger partial charge in [-0.3, -0.25) is 4.79 Å². The van der Waals surface area contributed by atoms with Gasteiger partial charge in [0, 0.05) is 5.56 Å². The normalized spacial score (nSPS) is 10.5. The van der Waals surface area contributed by atoms with E-state index < -0.39 is 0 Å². The van der Waals surface area contributed by atoms with E-state index in [0.717, 1.165) is 22.6 Å². The Kier molecular flexibility index (Phi) is 5.14. The minimum atomic E-state index is -0.223. The summed E-state index contributed by atoms with van der Waals surface area (Å²) in [6, 6.07) is 17.4. The van der Waals surface area contributed by atoms with Crippen LogP contribution in [-0.4, -0.2) is 17.5 Å². The van der Waals surface area contributed by atoms with Crippen molar-refractivity contribution in [2.24, 2.45) is 0 Å². The predicted octanol–water partition coefficient (Wildman–Crippen LogP) is 3.65. The molecule has 0 aliphatic carbocycles. The van der Waals surface area contributed by atoms with E-state index in [1.54, 1.807) is 0 Å². The lowest BCUT2D eigenvalue weighted by Gasteiger charge is -2.06. The van der Waals surface area contributed by atoms with Crippen LogP contribution in [0.3, 0.4) is 0 Å². The average Bonchev–Trinajstić information content (AvgIpc) is 3.00. The van der Waals surface area contributed by atoms with Crippen molar-refractivity contribution in [3.8, 4) is 17.0 Å². The number of aryl methyl sites for hydroxylation is 2. The summed E-state index contributed by atoms with van der Waals surface area (Å²) < 4.78 is 11.1. The summed E-state index contributed by atoms with van der Waals surface area (Å²) in [5, 5.41) is 2.76. The highest BCUT2D eigenvalue weighted by molar-refractivity contribution is 5.77. The molecule has 1 amide bonds. The molecule has 0 saturated heterocycles. The zero-order valence-electron chi connectivity index (χ0n) is 14.3. The minimum absolute atomic E-state index is 0.0469. The molecule has 1 heterocycles. The number of rotatable bonds is 6. The maximum absolute atomic E-state index is 11.9. The zero-order valence-corrected chi connectivity index (χ0v) is 14.3. The third-order valence-corrected chi connectivity index (χ3v) is 3.68. The first-order valence-corrected chi connectivity index (χ1v) is 8.10. The summed E-state index contributed by atoms with van der Waals surface area (Å²) in [6.45, 7) is 4.02. The van der Waals surface area contributed by atoms with Gasteiger partial charge in [-0.15, -0.1) is 0 Å². The van der Waals surface area contributed by atoms with Crippen LogP contribution in [0, 0.1) is 13.8 Å². The van der Waals surface area contributed by atoms with Gasteiger partial charge in [0.2, 0.25) is 5.89 Å². The molecule has 2 aromatic carbocycles. The highest BCUT2D eigenvalue weighted by atomic mass is 16.5. The molecule has 3 rings (SSSR count). The summed E-state index contributed by atoms with van der Waals surface area (Å²) >= 11 is 0. The molecule has 0 unspecified atom stereocenters. The van der Waals surface area contributed by atoms with E-state index in [1.807, 2.05) is 68.4 Å². The Hall–Kier alpha value is -3.08. The lowest BCUT2D eigenvalue weighted by Crippen LogP contribution is -2.28. The first-order valence-electron chi connectivity index (χ1n) is 8.10. The molecule has 0 radical (unpaired) electrons. The van der Waals surface area contributed by atoms with Gasteiger partial charge >= 0.3 is 0 Å². The maximum Gasteiger partial charge on any atom is 0.258 e. The van der Waals surface area contributed by atoms with Crippen molar-refractivity contribution in [1.82, 2.24) is 10.3 Å². The SMILES string of the molecule is Cc1cccc(OCC(=O)NCc2nc(-c3ccccc3)c(C)o2)c1. The Morgan fingerprint density at radius 3 is 2.68 bits per heavy atom. The van der Waals surface area contributed by atoms with Crippen molar-refractivity contribution in [2.45, 2.75) is 20.4 Å². The van der Waals surface area contributed by atoms with Crippen LogP contribution in [0.25, 0.3) is 11.3 Å². The first-order chi connectivity index (χ1) is 12.1. The van der Waals surface area contributed by atoms with Gasteiger partial charge in [0.25, 0.3) is 5.91 Å².